The van der Waals surface area contributed by atoms with Crippen LogP contribution < -0.4 is 4.74 Å². The summed E-state index contributed by atoms with van der Waals surface area (Å²) in [7, 11) is -3.08. The first-order valence-corrected chi connectivity index (χ1v) is 10.9. The van der Waals surface area contributed by atoms with Gasteiger partial charge in [0.15, 0.2) is 16.4 Å². The van der Waals surface area contributed by atoms with Gasteiger partial charge in [0, 0.05) is 12.6 Å². The molecule has 2 aromatic carbocycles. The lowest BCUT2D eigenvalue weighted by Gasteiger charge is -2.28. The number of amides is 1. The summed E-state index contributed by atoms with van der Waals surface area (Å²) >= 11 is 0. The molecule has 0 aliphatic carbocycles. The first-order valence-electron chi connectivity index (χ1n) is 9.08. The molecule has 6 heteroatoms. The summed E-state index contributed by atoms with van der Waals surface area (Å²) in [5.74, 6) is 0.677. The van der Waals surface area contributed by atoms with Crippen LogP contribution in [0, 0.1) is 13.8 Å². The maximum Gasteiger partial charge on any atom is 0.261 e. The van der Waals surface area contributed by atoms with Crippen molar-refractivity contribution in [3.8, 4) is 5.75 Å². The molecule has 27 heavy (non-hydrogen) atoms. The van der Waals surface area contributed by atoms with E-state index in [-0.39, 0.29) is 30.1 Å². The second kappa shape index (κ2) is 8.13. The summed E-state index contributed by atoms with van der Waals surface area (Å²) in [5.41, 5.74) is 2.92. The second-order valence-corrected chi connectivity index (χ2v) is 9.30. The van der Waals surface area contributed by atoms with Crippen LogP contribution in [0.3, 0.4) is 0 Å². The minimum absolute atomic E-state index is 0.0228. The Morgan fingerprint density at radius 1 is 1.07 bits per heavy atom. The molecule has 0 radical (unpaired) electrons. The summed E-state index contributed by atoms with van der Waals surface area (Å²) < 4.78 is 29.7. The number of rotatable bonds is 6. The summed E-state index contributed by atoms with van der Waals surface area (Å²) in [6.07, 6.45) is 0.476. The van der Waals surface area contributed by atoms with Gasteiger partial charge in [0.25, 0.3) is 5.91 Å². The monoisotopic (exact) mass is 387 g/mol. The molecule has 1 saturated heterocycles. The van der Waals surface area contributed by atoms with Crippen LogP contribution in [0.5, 0.6) is 5.75 Å². The fourth-order valence-electron chi connectivity index (χ4n) is 3.47. The Kier molecular flexibility index (Phi) is 5.85. The average molecular weight is 388 g/mol. The number of hydrogen-bond acceptors (Lipinski definition) is 4. The van der Waals surface area contributed by atoms with Crippen LogP contribution in [-0.2, 0) is 21.2 Å². The Bertz CT molecular complexity index is 889. The van der Waals surface area contributed by atoms with Crippen molar-refractivity contribution in [1.82, 2.24) is 4.90 Å². The summed E-state index contributed by atoms with van der Waals surface area (Å²) in [6, 6.07) is 15.2. The average Bonchev–Trinajstić information content (AvgIpc) is 2.99. The van der Waals surface area contributed by atoms with Crippen molar-refractivity contribution in [2.45, 2.75) is 32.9 Å². The fraction of sp³-hybridized carbons (Fsp3) is 0.381. The Hall–Kier alpha value is -2.34. The van der Waals surface area contributed by atoms with Crippen LogP contribution in [0.2, 0.25) is 0 Å². The van der Waals surface area contributed by atoms with Gasteiger partial charge < -0.3 is 9.64 Å². The smallest absolute Gasteiger partial charge is 0.261 e. The van der Waals surface area contributed by atoms with Crippen LogP contribution in [0.1, 0.15) is 23.1 Å². The van der Waals surface area contributed by atoms with Crippen molar-refractivity contribution >= 4 is 15.7 Å². The molecule has 1 unspecified atom stereocenters. The van der Waals surface area contributed by atoms with E-state index in [4.69, 9.17) is 4.74 Å². The Morgan fingerprint density at radius 3 is 2.33 bits per heavy atom. The summed E-state index contributed by atoms with van der Waals surface area (Å²) in [4.78, 5) is 14.6. The van der Waals surface area contributed by atoms with Gasteiger partial charge in [-0.2, -0.15) is 0 Å². The Labute approximate surface area is 160 Å². The Balaban J connectivity index is 1.76. The van der Waals surface area contributed by atoms with Gasteiger partial charge in [-0.05, 0) is 37.0 Å². The number of carbonyl (C=O) groups excluding carboxylic acids is 1. The molecule has 1 aliphatic rings. The number of para-hydroxylation sites is 1. The lowest BCUT2D eigenvalue weighted by molar-refractivity contribution is -0.136. The second-order valence-electron chi connectivity index (χ2n) is 7.07. The van der Waals surface area contributed by atoms with Crippen LogP contribution >= 0.6 is 0 Å². The van der Waals surface area contributed by atoms with Gasteiger partial charge in [0.05, 0.1) is 11.5 Å². The van der Waals surface area contributed by atoms with E-state index in [2.05, 4.69) is 0 Å². The zero-order valence-corrected chi connectivity index (χ0v) is 16.5. The highest BCUT2D eigenvalue weighted by Gasteiger charge is 2.34. The molecule has 0 N–H and O–H groups in total. The maximum atomic E-state index is 12.9. The predicted octanol–water partition coefficient (Wildman–Crippen LogP) is 2.90. The molecule has 1 aliphatic heterocycles. The Morgan fingerprint density at radius 2 is 1.74 bits per heavy atom. The predicted molar refractivity (Wildman–Crippen MR) is 105 cm³/mol. The summed E-state index contributed by atoms with van der Waals surface area (Å²) in [5, 5.41) is 0. The van der Waals surface area contributed by atoms with E-state index in [9.17, 15) is 13.2 Å². The maximum absolute atomic E-state index is 12.9. The minimum atomic E-state index is -3.08. The molecule has 1 amide bonds. The van der Waals surface area contributed by atoms with E-state index >= 15 is 0 Å². The number of aryl methyl sites for hydroxylation is 2. The normalized spacial score (nSPS) is 18.2. The molecule has 1 atom stereocenters. The molecule has 144 valence electrons. The van der Waals surface area contributed by atoms with Gasteiger partial charge in [0.1, 0.15) is 5.75 Å². The molecule has 0 saturated carbocycles. The SMILES string of the molecule is Cc1cccc(C)c1OCC(=O)N(Cc1ccccc1)C1CCS(=O)(=O)C1. The zero-order chi connectivity index (χ0) is 19.4. The van der Waals surface area contributed by atoms with E-state index in [1.165, 1.54) is 0 Å². The van der Waals surface area contributed by atoms with Crippen molar-refractivity contribution in [3.05, 3.63) is 65.2 Å². The molecule has 0 spiro atoms. The van der Waals surface area contributed by atoms with E-state index in [0.717, 1.165) is 16.7 Å². The molecule has 3 rings (SSSR count). The quantitative estimate of drug-likeness (QED) is 0.765. The van der Waals surface area contributed by atoms with Crippen LogP contribution in [0.15, 0.2) is 48.5 Å². The highest BCUT2D eigenvalue weighted by Crippen LogP contribution is 2.24. The van der Waals surface area contributed by atoms with Gasteiger partial charge in [0.2, 0.25) is 0 Å². The largest absolute Gasteiger partial charge is 0.483 e. The van der Waals surface area contributed by atoms with E-state index in [1.807, 2.05) is 62.4 Å². The topological polar surface area (TPSA) is 63.7 Å². The first kappa shape index (κ1) is 19.4. The van der Waals surface area contributed by atoms with Gasteiger partial charge >= 0.3 is 0 Å². The van der Waals surface area contributed by atoms with Crippen LogP contribution in [-0.4, -0.2) is 43.4 Å². The molecule has 0 bridgehead atoms. The highest BCUT2D eigenvalue weighted by atomic mass is 32.2. The third-order valence-corrected chi connectivity index (χ3v) is 6.66. The molecule has 5 nitrogen and oxygen atoms in total. The van der Waals surface area contributed by atoms with E-state index in [0.29, 0.717) is 18.7 Å². The van der Waals surface area contributed by atoms with Crippen molar-refractivity contribution in [3.63, 3.8) is 0 Å². The standard InChI is InChI=1S/C21H25NO4S/c1-16-7-6-8-17(2)21(16)26-14-20(23)22(13-18-9-4-3-5-10-18)19-11-12-27(24,25)15-19/h3-10,19H,11-15H2,1-2H3. The van der Waals surface area contributed by atoms with E-state index in [1.54, 1.807) is 4.90 Å². The number of ether oxygens (including phenoxy) is 1. The van der Waals surface area contributed by atoms with Gasteiger partial charge in [-0.25, -0.2) is 8.42 Å². The molecule has 0 aromatic heterocycles. The molecular formula is C21H25NO4S. The lowest BCUT2D eigenvalue weighted by Crippen LogP contribution is -2.43. The van der Waals surface area contributed by atoms with Crippen LogP contribution in [0.25, 0.3) is 0 Å². The van der Waals surface area contributed by atoms with Gasteiger partial charge in [-0.3, -0.25) is 4.79 Å². The number of benzene rings is 2. The van der Waals surface area contributed by atoms with E-state index < -0.39 is 9.84 Å². The van der Waals surface area contributed by atoms with Crippen molar-refractivity contribution in [2.24, 2.45) is 0 Å². The zero-order valence-electron chi connectivity index (χ0n) is 15.7. The fourth-order valence-corrected chi connectivity index (χ4v) is 5.20. The van der Waals surface area contributed by atoms with Gasteiger partial charge in [-0.1, -0.05) is 48.5 Å². The molecule has 2 aromatic rings. The van der Waals surface area contributed by atoms with Crippen molar-refractivity contribution in [2.75, 3.05) is 18.1 Å². The first-order chi connectivity index (χ1) is 12.9. The van der Waals surface area contributed by atoms with Crippen LogP contribution in [0.4, 0.5) is 0 Å². The third-order valence-electron chi connectivity index (χ3n) is 4.91. The number of sulfone groups is 1. The molecule has 1 heterocycles. The molecule has 1 fully saturated rings. The van der Waals surface area contributed by atoms with Crippen molar-refractivity contribution in [1.29, 1.82) is 0 Å². The lowest BCUT2D eigenvalue weighted by atomic mass is 10.1. The number of hydrogen-bond donors (Lipinski definition) is 0. The number of nitrogens with zero attached hydrogens (tertiary/aromatic N) is 1. The molecular weight excluding hydrogens is 362 g/mol. The highest BCUT2D eigenvalue weighted by molar-refractivity contribution is 7.91. The van der Waals surface area contributed by atoms with Gasteiger partial charge in [-0.15, -0.1) is 0 Å². The summed E-state index contributed by atoms with van der Waals surface area (Å²) in [6.45, 7) is 4.17. The minimum Gasteiger partial charge on any atom is -0.483 e. The third kappa shape index (κ3) is 4.89. The van der Waals surface area contributed by atoms with Crippen molar-refractivity contribution < 1.29 is 17.9 Å². The number of carbonyl (C=O) groups is 1.